The van der Waals surface area contributed by atoms with Crippen molar-refractivity contribution in [1.29, 1.82) is 0 Å². The van der Waals surface area contributed by atoms with Crippen molar-refractivity contribution in [2.45, 2.75) is 31.3 Å². The monoisotopic (exact) mass is 269 g/mol. The molecule has 0 aromatic carbocycles. The minimum absolute atomic E-state index is 0.120. The van der Waals surface area contributed by atoms with Gasteiger partial charge in [0.05, 0.1) is 6.04 Å². The molecule has 0 aromatic heterocycles. The Labute approximate surface area is 113 Å². The van der Waals surface area contributed by atoms with Crippen molar-refractivity contribution in [1.82, 2.24) is 15.1 Å². The van der Waals surface area contributed by atoms with Crippen molar-refractivity contribution >= 4 is 17.7 Å². The fraction of sp³-hybridized carbons (Fsp3) is 0.923. The highest BCUT2D eigenvalue weighted by atomic mass is 32.2. The maximum Gasteiger partial charge on any atom is 0.239 e. The third-order valence-corrected chi connectivity index (χ3v) is 5.04. The number of likely N-dealkylation sites (tertiary alicyclic amines) is 1. The van der Waals surface area contributed by atoms with Crippen LogP contribution in [-0.4, -0.2) is 72.0 Å². The first-order valence-corrected chi connectivity index (χ1v) is 8.33. The van der Waals surface area contributed by atoms with Crippen LogP contribution in [0.1, 0.15) is 19.3 Å². The van der Waals surface area contributed by atoms with Gasteiger partial charge in [0.25, 0.3) is 0 Å². The Morgan fingerprint density at radius 3 is 2.61 bits per heavy atom. The van der Waals surface area contributed by atoms with E-state index in [4.69, 9.17) is 0 Å². The Bertz CT molecular complexity index is 303. The average molecular weight is 269 g/mol. The first-order chi connectivity index (χ1) is 8.83. The van der Waals surface area contributed by atoms with Gasteiger partial charge in [-0.25, -0.2) is 0 Å². The summed E-state index contributed by atoms with van der Waals surface area (Å²) in [6.07, 6.45) is 3.52. The predicted molar refractivity (Wildman–Crippen MR) is 74.9 cm³/mol. The second-order valence-corrected chi connectivity index (χ2v) is 6.79. The van der Waals surface area contributed by atoms with E-state index < -0.39 is 0 Å². The van der Waals surface area contributed by atoms with Crippen molar-refractivity contribution in [3.63, 3.8) is 0 Å². The molecule has 0 radical (unpaired) electrons. The predicted octanol–water partition coefficient (Wildman–Crippen LogP) is 0.388. The molecule has 4 nitrogen and oxygen atoms in total. The number of nitrogens with one attached hydrogen (secondary N) is 1. The summed E-state index contributed by atoms with van der Waals surface area (Å²) < 4.78 is 0. The standard InChI is InChI=1S/C13H23N3OS/c17-13-12(14-11-1-2-11)3-4-16(13)6-5-15-7-9-18-10-8-15/h11-12,14H,1-10H2. The van der Waals surface area contributed by atoms with Gasteiger partial charge in [0.15, 0.2) is 0 Å². The Hall–Kier alpha value is -0.260. The van der Waals surface area contributed by atoms with Crippen LogP contribution in [-0.2, 0) is 4.79 Å². The van der Waals surface area contributed by atoms with E-state index in [9.17, 15) is 4.79 Å². The van der Waals surface area contributed by atoms with Crippen molar-refractivity contribution in [2.75, 3.05) is 44.2 Å². The second kappa shape index (κ2) is 5.80. The minimum Gasteiger partial charge on any atom is -0.340 e. The van der Waals surface area contributed by atoms with Gasteiger partial charge in [-0.2, -0.15) is 11.8 Å². The van der Waals surface area contributed by atoms with Crippen LogP contribution in [0.25, 0.3) is 0 Å². The Morgan fingerprint density at radius 1 is 1.11 bits per heavy atom. The molecule has 5 heteroatoms. The van der Waals surface area contributed by atoms with Gasteiger partial charge in [-0.05, 0) is 19.3 Å². The molecule has 1 saturated carbocycles. The summed E-state index contributed by atoms with van der Waals surface area (Å²) in [7, 11) is 0. The molecule has 18 heavy (non-hydrogen) atoms. The summed E-state index contributed by atoms with van der Waals surface area (Å²) in [5.74, 6) is 2.84. The van der Waals surface area contributed by atoms with Crippen LogP contribution in [0.4, 0.5) is 0 Å². The van der Waals surface area contributed by atoms with Crippen LogP contribution in [0.5, 0.6) is 0 Å². The van der Waals surface area contributed by atoms with Crippen LogP contribution in [0.2, 0.25) is 0 Å². The van der Waals surface area contributed by atoms with Crippen molar-refractivity contribution < 1.29 is 4.79 Å². The molecule has 2 saturated heterocycles. The van der Waals surface area contributed by atoms with E-state index in [1.165, 1.54) is 37.4 Å². The zero-order chi connectivity index (χ0) is 12.4. The van der Waals surface area contributed by atoms with E-state index in [1.54, 1.807) is 0 Å². The van der Waals surface area contributed by atoms with E-state index >= 15 is 0 Å². The zero-order valence-corrected chi connectivity index (χ0v) is 11.8. The van der Waals surface area contributed by atoms with Crippen LogP contribution in [0.3, 0.4) is 0 Å². The van der Waals surface area contributed by atoms with Gasteiger partial charge in [-0.15, -0.1) is 0 Å². The fourth-order valence-electron chi connectivity index (χ4n) is 2.74. The largest absolute Gasteiger partial charge is 0.340 e. The Morgan fingerprint density at radius 2 is 1.89 bits per heavy atom. The average Bonchev–Trinajstić information content (AvgIpc) is 3.15. The summed E-state index contributed by atoms with van der Waals surface area (Å²) in [6, 6.07) is 0.757. The number of rotatable bonds is 5. The normalized spacial score (nSPS) is 30.1. The molecular weight excluding hydrogens is 246 g/mol. The topological polar surface area (TPSA) is 35.6 Å². The molecule has 0 spiro atoms. The number of carbonyl (C=O) groups is 1. The van der Waals surface area contributed by atoms with Crippen molar-refractivity contribution in [3.05, 3.63) is 0 Å². The van der Waals surface area contributed by atoms with E-state index in [0.29, 0.717) is 11.9 Å². The molecular formula is C13H23N3OS. The smallest absolute Gasteiger partial charge is 0.239 e. The number of thioether (sulfide) groups is 1. The molecule has 1 N–H and O–H groups in total. The quantitative estimate of drug-likeness (QED) is 0.783. The van der Waals surface area contributed by atoms with Gasteiger partial charge in [-0.1, -0.05) is 0 Å². The Kier molecular flexibility index (Phi) is 4.11. The summed E-state index contributed by atoms with van der Waals surface area (Å²) in [5.41, 5.74) is 0. The van der Waals surface area contributed by atoms with E-state index in [0.717, 1.165) is 26.1 Å². The van der Waals surface area contributed by atoms with Crippen molar-refractivity contribution in [2.24, 2.45) is 0 Å². The second-order valence-electron chi connectivity index (χ2n) is 5.56. The van der Waals surface area contributed by atoms with Gasteiger partial charge in [0.2, 0.25) is 5.91 Å². The maximum absolute atomic E-state index is 12.2. The SMILES string of the molecule is O=C1C(NC2CC2)CCN1CCN1CCSCC1. The summed E-state index contributed by atoms with van der Waals surface area (Å²) in [4.78, 5) is 16.7. The molecule has 3 aliphatic rings. The van der Waals surface area contributed by atoms with Gasteiger partial charge in [-0.3, -0.25) is 9.69 Å². The zero-order valence-electron chi connectivity index (χ0n) is 10.9. The molecule has 102 valence electrons. The number of hydrogen-bond donors (Lipinski definition) is 1. The van der Waals surface area contributed by atoms with Crippen LogP contribution < -0.4 is 5.32 Å². The summed E-state index contributed by atoms with van der Waals surface area (Å²) >= 11 is 2.04. The number of amides is 1. The van der Waals surface area contributed by atoms with Crippen LogP contribution >= 0.6 is 11.8 Å². The highest BCUT2D eigenvalue weighted by Gasteiger charge is 2.35. The van der Waals surface area contributed by atoms with Crippen molar-refractivity contribution in [3.8, 4) is 0 Å². The highest BCUT2D eigenvalue weighted by Crippen LogP contribution is 2.22. The molecule has 1 amide bonds. The number of hydrogen-bond acceptors (Lipinski definition) is 4. The molecule has 1 unspecified atom stereocenters. The molecule has 0 aromatic rings. The van der Waals surface area contributed by atoms with Crippen LogP contribution in [0.15, 0.2) is 0 Å². The fourth-order valence-corrected chi connectivity index (χ4v) is 3.72. The molecule has 2 heterocycles. The van der Waals surface area contributed by atoms with E-state index in [1.807, 2.05) is 11.8 Å². The van der Waals surface area contributed by atoms with Gasteiger partial charge in [0.1, 0.15) is 0 Å². The molecule has 3 rings (SSSR count). The highest BCUT2D eigenvalue weighted by molar-refractivity contribution is 7.99. The third-order valence-electron chi connectivity index (χ3n) is 4.10. The minimum atomic E-state index is 0.120. The lowest BCUT2D eigenvalue weighted by molar-refractivity contribution is -0.129. The first-order valence-electron chi connectivity index (χ1n) is 7.18. The third kappa shape index (κ3) is 3.19. The molecule has 3 fully saturated rings. The molecule has 2 aliphatic heterocycles. The van der Waals surface area contributed by atoms with Gasteiger partial charge in [0, 0.05) is 50.3 Å². The van der Waals surface area contributed by atoms with E-state index in [2.05, 4.69) is 15.1 Å². The molecule has 1 atom stereocenters. The summed E-state index contributed by atoms with van der Waals surface area (Å²) in [5, 5.41) is 3.46. The first kappa shape index (κ1) is 12.8. The molecule has 1 aliphatic carbocycles. The number of carbonyl (C=O) groups excluding carboxylic acids is 1. The van der Waals surface area contributed by atoms with Gasteiger partial charge < -0.3 is 10.2 Å². The lowest BCUT2D eigenvalue weighted by Gasteiger charge is -2.28. The summed E-state index contributed by atoms with van der Waals surface area (Å²) in [6.45, 7) is 5.31. The Balaban J connectivity index is 1.41. The lowest BCUT2D eigenvalue weighted by Crippen LogP contribution is -2.43. The van der Waals surface area contributed by atoms with Gasteiger partial charge >= 0.3 is 0 Å². The lowest BCUT2D eigenvalue weighted by atomic mass is 10.2. The van der Waals surface area contributed by atoms with E-state index in [-0.39, 0.29) is 6.04 Å². The number of nitrogens with zero attached hydrogens (tertiary/aromatic N) is 2. The molecule has 0 bridgehead atoms. The maximum atomic E-state index is 12.2. The van der Waals surface area contributed by atoms with Crippen LogP contribution in [0, 0.1) is 0 Å².